The molecule has 10 heteroatoms. The molecule has 146 valence electrons. The zero-order chi connectivity index (χ0) is 20.2. The first-order valence-electron chi connectivity index (χ1n) is 8.03. The van der Waals surface area contributed by atoms with Gasteiger partial charge in [-0.05, 0) is 30.2 Å². The Morgan fingerprint density at radius 1 is 1.19 bits per heavy atom. The van der Waals surface area contributed by atoms with E-state index in [0.29, 0.717) is 5.56 Å². The highest BCUT2D eigenvalue weighted by Gasteiger charge is 2.30. The van der Waals surface area contributed by atoms with Crippen molar-refractivity contribution >= 4 is 11.7 Å². The summed E-state index contributed by atoms with van der Waals surface area (Å²) in [6.07, 6.45) is -3.10. The monoisotopic (exact) mass is 384 g/mol. The molecule has 0 saturated heterocycles. The van der Waals surface area contributed by atoms with Crippen LogP contribution < -0.4 is 10.6 Å². The van der Waals surface area contributed by atoms with Gasteiger partial charge < -0.3 is 20.8 Å². The Morgan fingerprint density at radius 3 is 2.48 bits per heavy atom. The van der Waals surface area contributed by atoms with Crippen molar-refractivity contribution in [3.8, 4) is 22.9 Å². The highest BCUT2D eigenvalue weighted by atomic mass is 19.4. The third kappa shape index (κ3) is 5.73. The maximum atomic E-state index is 12.3. The standard InChI is InChI=1S/C17H19F3N4O3/c1-9(2)14(16(27)22-8-17(18,19)20)23-13-5-6-21-15(24-13)10-3-4-11(25)12(26)7-10/h3-7,9,14,25-26H,8H2,1-2H3,(H,22,27)(H,21,23,24)/t14-/m1/s1. The first-order valence-corrected chi connectivity index (χ1v) is 8.03. The van der Waals surface area contributed by atoms with Crippen molar-refractivity contribution in [2.24, 2.45) is 5.92 Å². The van der Waals surface area contributed by atoms with E-state index < -0.39 is 24.7 Å². The lowest BCUT2D eigenvalue weighted by atomic mass is 10.0. The number of halogens is 3. The highest BCUT2D eigenvalue weighted by Crippen LogP contribution is 2.29. The summed E-state index contributed by atoms with van der Waals surface area (Å²) in [5.41, 5.74) is 0.413. The summed E-state index contributed by atoms with van der Waals surface area (Å²) in [4.78, 5) is 20.4. The molecule has 1 atom stereocenters. The van der Waals surface area contributed by atoms with Crippen molar-refractivity contribution in [2.45, 2.75) is 26.1 Å². The van der Waals surface area contributed by atoms with E-state index in [1.165, 1.54) is 30.5 Å². The fourth-order valence-corrected chi connectivity index (χ4v) is 2.23. The van der Waals surface area contributed by atoms with Crippen LogP contribution in [0.1, 0.15) is 13.8 Å². The number of phenols is 2. The molecule has 0 radical (unpaired) electrons. The first-order chi connectivity index (χ1) is 12.6. The lowest BCUT2D eigenvalue weighted by Gasteiger charge is -2.22. The van der Waals surface area contributed by atoms with E-state index in [1.807, 2.05) is 5.32 Å². The maximum Gasteiger partial charge on any atom is 0.405 e. The Kier molecular flexibility index (Phi) is 6.09. The smallest absolute Gasteiger partial charge is 0.405 e. The molecule has 0 aliphatic rings. The van der Waals surface area contributed by atoms with Gasteiger partial charge in [-0.1, -0.05) is 13.8 Å². The number of amides is 1. The van der Waals surface area contributed by atoms with E-state index in [-0.39, 0.29) is 29.1 Å². The van der Waals surface area contributed by atoms with Gasteiger partial charge in [0.25, 0.3) is 0 Å². The number of phenolic OH excluding ortho intramolecular Hbond substituents is 2. The van der Waals surface area contributed by atoms with Crippen LogP contribution in [0.5, 0.6) is 11.5 Å². The Morgan fingerprint density at radius 2 is 1.89 bits per heavy atom. The molecule has 0 spiro atoms. The summed E-state index contributed by atoms with van der Waals surface area (Å²) in [6, 6.07) is 4.56. The van der Waals surface area contributed by atoms with Crippen LogP contribution in [0.15, 0.2) is 30.5 Å². The number of alkyl halides is 3. The van der Waals surface area contributed by atoms with Gasteiger partial charge >= 0.3 is 6.18 Å². The molecule has 0 fully saturated rings. The fraction of sp³-hybridized carbons (Fsp3) is 0.353. The van der Waals surface area contributed by atoms with Crippen LogP contribution in [0.2, 0.25) is 0 Å². The van der Waals surface area contributed by atoms with E-state index in [2.05, 4.69) is 15.3 Å². The van der Waals surface area contributed by atoms with Gasteiger partial charge in [0, 0.05) is 11.8 Å². The van der Waals surface area contributed by atoms with Gasteiger partial charge in [0.1, 0.15) is 18.4 Å². The largest absolute Gasteiger partial charge is 0.504 e. The minimum absolute atomic E-state index is 0.202. The minimum atomic E-state index is -4.50. The lowest BCUT2D eigenvalue weighted by Crippen LogP contribution is -2.46. The topological polar surface area (TPSA) is 107 Å². The van der Waals surface area contributed by atoms with Crippen LogP contribution in [0.3, 0.4) is 0 Å². The van der Waals surface area contributed by atoms with Crippen molar-refractivity contribution in [2.75, 3.05) is 11.9 Å². The second-order valence-electron chi connectivity index (χ2n) is 6.17. The van der Waals surface area contributed by atoms with Crippen LogP contribution in [0.25, 0.3) is 11.4 Å². The number of aromatic nitrogens is 2. The normalized spacial score (nSPS) is 12.7. The molecule has 4 N–H and O–H groups in total. The van der Waals surface area contributed by atoms with Crippen molar-refractivity contribution in [3.63, 3.8) is 0 Å². The van der Waals surface area contributed by atoms with Gasteiger partial charge in [-0.2, -0.15) is 13.2 Å². The van der Waals surface area contributed by atoms with Crippen LogP contribution in [0, 0.1) is 5.92 Å². The molecule has 0 aliphatic heterocycles. The first kappa shape index (κ1) is 20.3. The Hall–Kier alpha value is -3.04. The quantitative estimate of drug-likeness (QED) is 0.571. The number of rotatable bonds is 6. The Bertz CT molecular complexity index is 812. The van der Waals surface area contributed by atoms with Crippen molar-refractivity contribution < 1.29 is 28.2 Å². The molecule has 0 saturated carbocycles. The third-order valence-electron chi connectivity index (χ3n) is 3.60. The number of hydrogen-bond acceptors (Lipinski definition) is 6. The average molecular weight is 384 g/mol. The van der Waals surface area contributed by atoms with Crippen LogP contribution in [-0.2, 0) is 4.79 Å². The lowest BCUT2D eigenvalue weighted by molar-refractivity contribution is -0.139. The van der Waals surface area contributed by atoms with Gasteiger partial charge in [-0.15, -0.1) is 0 Å². The van der Waals surface area contributed by atoms with Gasteiger partial charge in [0.05, 0.1) is 0 Å². The zero-order valence-electron chi connectivity index (χ0n) is 14.6. The van der Waals surface area contributed by atoms with E-state index in [4.69, 9.17) is 0 Å². The van der Waals surface area contributed by atoms with E-state index in [1.54, 1.807) is 13.8 Å². The number of anilines is 1. The number of hydrogen-bond donors (Lipinski definition) is 4. The molecule has 0 aliphatic carbocycles. The number of nitrogens with zero attached hydrogens (tertiary/aromatic N) is 2. The van der Waals surface area contributed by atoms with Gasteiger partial charge in [0.2, 0.25) is 5.91 Å². The highest BCUT2D eigenvalue weighted by molar-refractivity contribution is 5.84. The molecule has 0 bridgehead atoms. The number of carbonyl (C=O) groups is 1. The zero-order valence-corrected chi connectivity index (χ0v) is 14.6. The van der Waals surface area contributed by atoms with E-state index in [9.17, 15) is 28.2 Å². The summed E-state index contributed by atoms with van der Waals surface area (Å²) in [7, 11) is 0. The number of carbonyl (C=O) groups excluding carboxylic acids is 1. The van der Waals surface area contributed by atoms with Crippen LogP contribution in [-0.4, -0.2) is 44.9 Å². The third-order valence-corrected chi connectivity index (χ3v) is 3.60. The van der Waals surface area contributed by atoms with E-state index >= 15 is 0 Å². The summed E-state index contributed by atoms with van der Waals surface area (Å²) >= 11 is 0. The number of benzene rings is 1. The Labute approximate surface area is 153 Å². The van der Waals surface area contributed by atoms with Crippen molar-refractivity contribution in [1.29, 1.82) is 0 Å². The van der Waals surface area contributed by atoms with Crippen LogP contribution >= 0.6 is 0 Å². The molecule has 1 aromatic carbocycles. The predicted molar refractivity (Wildman–Crippen MR) is 92.1 cm³/mol. The Balaban J connectivity index is 2.19. The molecule has 7 nitrogen and oxygen atoms in total. The minimum Gasteiger partial charge on any atom is -0.504 e. The van der Waals surface area contributed by atoms with Crippen molar-refractivity contribution in [3.05, 3.63) is 30.5 Å². The summed E-state index contributed by atoms with van der Waals surface area (Å²) in [6.45, 7) is 1.95. The maximum absolute atomic E-state index is 12.3. The molecule has 27 heavy (non-hydrogen) atoms. The molecule has 1 heterocycles. The van der Waals surface area contributed by atoms with Crippen LogP contribution in [0.4, 0.5) is 19.0 Å². The number of nitrogens with one attached hydrogen (secondary N) is 2. The molecular formula is C17H19F3N4O3. The second-order valence-corrected chi connectivity index (χ2v) is 6.17. The van der Waals surface area contributed by atoms with Gasteiger partial charge in [0.15, 0.2) is 17.3 Å². The molecule has 0 unspecified atom stereocenters. The second kappa shape index (κ2) is 8.11. The van der Waals surface area contributed by atoms with Crippen molar-refractivity contribution in [1.82, 2.24) is 15.3 Å². The number of aromatic hydroxyl groups is 2. The summed E-state index contributed by atoms with van der Waals surface area (Å²) < 4.78 is 36.9. The summed E-state index contributed by atoms with van der Waals surface area (Å²) in [5, 5.41) is 23.6. The molecule has 2 rings (SSSR count). The molecule has 1 aromatic heterocycles. The van der Waals surface area contributed by atoms with E-state index in [0.717, 1.165) is 0 Å². The SMILES string of the molecule is CC(C)[C@@H](Nc1ccnc(-c2ccc(O)c(O)c2)n1)C(=O)NCC(F)(F)F. The fourth-order valence-electron chi connectivity index (χ4n) is 2.23. The van der Waals surface area contributed by atoms with Gasteiger partial charge in [-0.25, -0.2) is 9.97 Å². The average Bonchev–Trinajstić information content (AvgIpc) is 2.59. The molecular weight excluding hydrogens is 365 g/mol. The molecule has 2 aromatic rings. The summed E-state index contributed by atoms with van der Waals surface area (Å²) in [5.74, 6) is -1.32. The van der Waals surface area contributed by atoms with Gasteiger partial charge in [-0.3, -0.25) is 4.79 Å². The molecule has 1 amide bonds. The predicted octanol–water partition coefficient (Wildman–Crippen LogP) is 2.67.